The van der Waals surface area contributed by atoms with Crippen LogP contribution >= 0.6 is 11.3 Å². The van der Waals surface area contributed by atoms with Gasteiger partial charge in [-0.2, -0.15) is 0 Å². The van der Waals surface area contributed by atoms with Crippen LogP contribution in [-0.4, -0.2) is 12.0 Å². The van der Waals surface area contributed by atoms with Crippen LogP contribution in [0.2, 0.25) is 0 Å². The highest BCUT2D eigenvalue weighted by Crippen LogP contribution is 2.34. The number of nitrogens with zero attached hydrogens (tertiary/aromatic N) is 1. The molecular weight excluding hydrogens is 271 g/mol. The molecule has 2 heterocycles. The second-order valence-electron chi connectivity index (χ2n) is 4.78. The van der Waals surface area contributed by atoms with Crippen molar-refractivity contribution in [1.29, 1.82) is 0 Å². The van der Waals surface area contributed by atoms with Gasteiger partial charge in [-0.05, 0) is 60.8 Å². The topological polar surface area (TPSA) is 24.9 Å². The van der Waals surface area contributed by atoms with Gasteiger partial charge in [-0.25, -0.2) is 4.39 Å². The number of fused-ring (bicyclic) bond motifs is 1. The molecule has 0 saturated carbocycles. The van der Waals surface area contributed by atoms with Crippen molar-refractivity contribution < 1.29 is 4.39 Å². The number of halogens is 1. The Bertz CT molecular complexity index is 751. The Morgan fingerprint density at radius 1 is 1.25 bits per heavy atom. The zero-order valence-corrected chi connectivity index (χ0v) is 12.2. The van der Waals surface area contributed by atoms with Crippen molar-refractivity contribution in [1.82, 2.24) is 10.3 Å². The lowest BCUT2D eigenvalue weighted by atomic mass is 10.0. The van der Waals surface area contributed by atoms with Crippen molar-refractivity contribution >= 4 is 21.4 Å². The molecule has 20 heavy (non-hydrogen) atoms. The molecule has 1 N–H and O–H groups in total. The summed E-state index contributed by atoms with van der Waals surface area (Å²) in [6, 6.07) is 9.07. The largest absolute Gasteiger partial charge is 0.309 e. The zero-order chi connectivity index (χ0) is 14.1. The number of aromatic nitrogens is 1. The van der Waals surface area contributed by atoms with E-state index >= 15 is 0 Å². The fourth-order valence-electron chi connectivity index (χ4n) is 2.41. The Kier molecular flexibility index (Phi) is 3.51. The Morgan fingerprint density at radius 2 is 2.10 bits per heavy atom. The second kappa shape index (κ2) is 5.31. The van der Waals surface area contributed by atoms with Gasteiger partial charge in [0.2, 0.25) is 0 Å². The number of aryl methyl sites for hydroxylation is 1. The smallest absolute Gasteiger partial charge is 0.123 e. The molecule has 1 aromatic carbocycles. The summed E-state index contributed by atoms with van der Waals surface area (Å²) in [7, 11) is 1.93. The van der Waals surface area contributed by atoms with Crippen LogP contribution in [0.4, 0.5) is 4.39 Å². The predicted molar refractivity (Wildman–Crippen MR) is 81.7 cm³/mol. The molecule has 0 amide bonds. The summed E-state index contributed by atoms with van der Waals surface area (Å²) in [6.07, 6.45) is 3.69. The summed E-state index contributed by atoms with van der Waals surface area (Å²) in [5.41, 5.74) is 2.35. The molecule has 3 rings (SSSR count). The van der Waals surface area contributed by atoms with Crippen LogP contribution in [0, 0.1) is 12.7 Å². The van der Waals surface area contributed by atoms with Gasteiger partial charge >= 0.3 is 0 Å². The fourth-order valence-corrected chi connectivity index (χ4v) is 3.58. The Balaban J connectivity index is 2.10. The quantitative estimate of drug-likeness (QED) is 0.785. The monoisotopic (exact) mass is 286 g/mol. The van der Waals surface area contributed by atoms with Gasteiger partial charge in [-0.15, -0.1) is 11.3 Å². The Morgan fingerprint density at radius 3 is 2.85 bits per heavy atom. The van der Waals surface area contributed by atoms with Crippen LogP contribution in [0.3, 0.4) is 0 Å². The van der Waals surface area contributed by atoms with Crippen LogP contribution < -0.4 is 5.32 Å². The highest BCUT2D eigenvalue weighted by atomic mass is 32.1. The second-order valence-corrected chi connectivity index (χ2v) is 5.90. The van der Waals surface area contributed by atoms with Crippen molar-refractivity contribution in [2.45, 2.75) is 13.0 Å². The van der Waals surface area contributed by atoms with Gasteiger partial charge in [0.05, 0.1) is 6.04 Å². The van der Waals surface area contributed by atoms with Crippen molar-refractivity contribution in [3.05, 3.63) is 64.5 Å². The zero-order valence-electron chi connectivity index (χ0n) is 11.4. The molecule has 102 valence electrons. The number of hydrogen-bond donors (Lipinski definition) is 1. The van der Waals surface area contributed by atoms with Gasteiger partial charge in [0.25, 0.3) is 0 Å². The number of hydrogen-bond acceptors (Lipinski definition) is 3. The normalized spacial score (nSPS) is 12.8. The first-order chi connectivity index (χ1) is 9.69. The minimum Gasteiger partial charge on any atom is -0.309 e. The minimum atomic E-state index is -0.194. The third-order valence-electron chi connectivity index (χ3n) is 3.46. The van der Waals surface area contributed by atoms with Crippen molar-refractivity contribution in [3.8, 4) is 0 Å². The molecule has 0 fully saturated rings. The highest BCUT2D eigenvalue weighted by Gasteiger charge is 2.17. The van der Waals surface area contributed by atoms with E-state index in [2.05, 4.69) is 23.3 Å². The van der Waals surface area contributed by atoms with Gasteiger partial charge in [-0.1, -0.05) is 0 Å². The summed E-state index contributed by atoms with van der Waals surface area (Å²) in [6.45, 7) is 2.08. The standard InChI is InChI=1S/C16H15FN2S/c1-10-5-6-19-9-13(10)16(18-2)15-8-11-7-12(17)3-4-14(11)20-15/h3-9,16,18H,1-2H3. The van der Waals surface area contributed by atoms with Crippen LogP contribution in [0.15, 0.2) is 42.7 Å². The number of benzene rings is 1. The van der Waals surface area contributed by atoms with Crippen molar-refractivity contribution in [2.75, 3.05) is 7.05 Å². The first-order valence-electron chi connectivity index (χ1n) is 6.46. The van der Waals surface area contributed by atoms with Crippen molar-refractivity contribution in [2.24, 2.45) is 0 Å². The molecule has 4 heteroatoms. The Hall–Kier alpha value is -1.78. The van der Waals surface area contributed by atoms with Gasteiger partial charge in [-0.3, -0.25) is 4.98 Å². The van der Waals surface area contributed by atoms with Crippen LogP contribution in [-0.2, 0) is 0 Å². The van der Waals surface area contributed by atoms with E-state index in [0.29, 0.717) is 0 Å². The molecule has 0 spiro atoms. The number of rotatable bonds is 3. The van der Waals surface area contributed by atoms with Crippen LogP contribution in [0.25, 0.3) is 10.1 Å². The predicted octanol–water partition coefficient (Wildman–Crippen LogP) is 4.05. The molecular formula is C16H15FN2S. The van der Waals surface area contributed by atoms with Gasteiger partial charge in [0, 0.05) is 22.0 Å². The number of pyridine rings is 1. The van der Waals surface area contributed by atoms with Crippen LogP contribution in [0.5, 0.6) is 0 Å². The van der Waals surface area contributed by atoms with Crippen LogP contribution in [0.1, 0.15) is 22.0 Å². The van der Waals surface area contributed by atoms with Crippen molar-refractivity contribution in [3.63, 3.8) is 0 Å². The summed E-state index contributed by atoms with van der Waals surface area (Å²) in [5, 5.41) is 4.28. The highest BCUT2D eigenvalue weighted by molar-refractivity contribution is 7.19. The molecule has 2 nitrogen and oxygen atoms in total. The molecule has 1 atom stereocenters. The lowest BCUT2D eigenvalue weighted by molar-refractivity contribution is 0.630. The summed E-state index contributed by atoms with van der Waals surface area (Å²) in [5.74, 6) is -0.194. The molecule has 1 unspecified atom stereocenters. The molecule has 0 aliphatic rings. The van der Waals surface area contributed by atoms with E-state index in [4.69, 9.17) is 0 Å². The van der Waals surface area contributed by atoms with Gasteiger partial charge in [0.15, 0.2) is 0 Å². The van der Waals surface area contributed by atoms with E-state index in [0.717, 1.165) is 15.6 Å². The van der Waals surface area contributed by atoms with Gasteiger partial charge in [0.1, 0.15) is 5.82 Å². The lowest BCUT2D eigenvalue weighted by Crippen LogP contribution is -2.17. The maximum absolute atomic E-state index is 13.3. The minimum absolute atomic E-state index is 0.0872. The van der Waals surface area contributed by atoms with E-state index in [1.807, 2.05) is 25.4 Å². The SMILES string of the molecule is CNC(c1cc2cc(F)ccc2s1)c1cnccc1C. The molecule has 3 aromatic rings. The molecule has 0 bridgehead atoms. The first-order valence-corrected chi connectivity index (χ1v) is 7.27. The number of thiophene rings is 1. The van der Waals surface area contributed by atoms with E-state index in [1.165, 1.54) is 16.5 Å². The van der Waals surface area contributed by atoms with E-state index < -0.39 is 0 Å². The van der Waals surface area contributed by atoms with E-state index in [1.54, 1.807) is 23.6 Å². The third-order valence-corrected chi connectivity index (χ3v) is 4.64. The summed E-state index contributed by atoms with van der Waals surface area (Å²) >= 11 is 1.69. The average molecular weight is 286 g/mol. The molecule has 0 radical (unpaired) electrons. The molecule has 0 aliphatic heterocycles. The lowest BCUT2D eigenvalue weighted by Gasteiger charge is -2.16. The van der Waals surface area contributed by atoms with E-state index in [9.17, 15) is 4.39 Å². The summed E-state index contributed by atoms with van der Waals surface area (Å²) in [4.78, 5) is 5.38. The molecule has 2 aromatic heterocycles. The number of nitrogens with one attached hydrogen (secondary N) is 1. The Labute approximate surface area is 121 Å². The maximum atomic E-state index is 13.3. The first kappa shape index (κ1) is 13.2. The van der Waals surface area contributed by atoms with Gasteiger partial charge < -0.3 is 5.32 Å². The maximum Gasteiger partial charge on any atom is 0.123 e. The average Bonchev–Trinajstić information content (AvgIpc) is 2.84. The molecule has 0 aliphatic carbocycles. The van der Waals surface area contributed by atoms with E-state index in [-0.39, 0.29) is 11.9 Å². The molecule has 0 saturated heterocycles. The fraction of sp³-hybridized carbons (Fsp3) is 0.188. The third kappa shape index (κ3) is 2.32. The summed E-state index contributed by atoms with van der Waals surface area (Å²) < 4.78 is 14.4.